The Morgan fingerprint density at radius 3 is 2.93 bits per heavy atom. The number of rotatable bonds is 3. The van der Waals surface area contributed by atoms with Gasteiger partial charge in [-0.05, 0) is 25.3 Å². The van der Waals surface area contributed by atoms with Gasteiger partial charge >= 0.3 is 0 Å². The molecule has 1 unspecified atom stereocenters. The Morgan fingerprint density at radius 2 is 2.21 bits per heavy atom. The Balaban J connectivity index is 2.10. The summed E-state index contributed by atoms with van der Waals surface area (Å²) in [6, 6.07) is 2.38. The molecule has 0 bridgehead atoms. The first-order valence-corrected chi connectivity index (χ1v) is 5.55. The van der Waals surface area contributed by atoms with Crippen molar-refractivity contribution in [1.82, 2.24) is 9.97 Å². The zero-order valence-corrected chi connectivity index (χ0v) is 8.82. The molecule has 2 heterocycles. The zero-order chi connectivity index (χ0) is 9.80. The van der Waals surface area contributed by atoms with E-state index in [9.17, 15) is 0 Å². The highest BCUT2D eigenvalue weighted by Crippen LogP contribution is 2.24. The van der Waals surface area contributed by atoms with Gasteiger partial charge in [-0.3, -0.25) is 0 Å². The van der Waals surface area contributed by atoms with E-state index in [2.05, 4.69) is 14.9 Å². The van der Waals surface area contributed by atoms with E-state index in [0.29, 0.717) is 11.9 Å². The fourth-order valence-electron chi connectivity index (χ4n) is 1.96. The highest BCUT2D eigenvalue weighted by molar-refractivity contribution is 6.17. The van der Waals surface area contributed by atoms with Crippen LogP contribution in [0.25, 0.3) is 0 Å². The number of alkyl halides is 1. The molecule has 0 aromatic carbocycles. The topological polar surface area (TPSA) is 29.0 Å². The molecule has 0 N–H and O–H groups in total. The Morgan fingerprint density at radius 1 is 1.43 bits per heavy atom. The first kappa shape index (κ1) is 9.71. The Kier molecular flexibility index (Phi) is 3.19. The van der Waals surface area contributed by atoms with E-state index < -0.39 is 0 Å². The Labute approximate surface area is 89.1 Å². The van der Waals surface area contributed by atoms with E-state index in [1.54, 1.807) is 12.4 Å². The monoisotopic (exact) mass is 211 g/mol. The van der Waals surface area contributed by atoms with Gasteiger partial charge in [0.25, 0.3) is 0 Å². The molecule has 14 heavy (non-hydrogen) atoms. The third kappa shape index (κ3) is 1.98. The molecule has 0 spiro atoms. The highest BCUT2D eigenvalue weighted by Gasteiger charge is 2.25. The van der Waals surface area contributed by atoms with Gasteiger partial charge in [0.15, 0.2) is 0 Å². The van der Waals surface area contributed by atoms with Gasteiger partial charge in [0.1, 0.15) is 0 Å². The summed E-state index contributed by atoms with van der Waals surface area (Å²) in [6.45, 7) is 1.06. The van der Waals surface area contributed by atoms with Crippen LogP contribution in [-0.4, -0.2) is 28.4 Å². The Hall–Kier alpha value is -0.830. The van der Waals surface area contributed by atoms with Crippen LogP contribution in [0.5, 0.6) is 0 Å². The lowest BCUT2D eigenvalue weighted by atomic mass is 10.2. The lowest BCUT2D eigenvalue weighted by molar-refractivity contribution is 0.637. The van der Waals surface area contributed by atoms with E-state index >= 15 is 0 Å². The van der Waals surface area contributed by atoms with E-state index in [4.69, 9.17) is 11.6 Å². The van der Waals surface area contributed by atoms with Crippen LogP contribution in [0.2, 0.25) is 0 Å². The second-order valence-electron chi connectivity index (χ2n) is 3.52. The average molecular weight is 212 g/mol. The summed E-state index contributed by atoms with van der Waals surface area (Å²) in [6.07, 6.45) is 7.04. The number of anilines is 1. The quantitative estimate of drug-likeness (QED) is 0.717. The van der Waals surface area contributed by atoms with Crippen LogP contribution in [0.15, 0.2) is 18.5 Å². The van der Waals surface area contributed by atoms with E-state index in [-0.39, 0.29) is 0 Å². The summed E-state index contributed by atoms with van der Waals surface area (Å²) in [4.78, 5) is 10.8. The second-order valence-corrected chi connectivity index (χ2v) is 3.89. The molecular weight excluding hydrogens is 198 g/mol. The summed E-state index contributed by atoms with van der Waals surface area (Å²) in [7, 11) is 0. The van der Waals surface area contributed by atoms with Crippen LogP contribution in [0.1, 0.15) is 19.3 Å². The molecule has 2 rings (SSSR count). The molecule has 1 aliphatic heterocycles. The third-order valence-corrected chi connectivity index (χ3v) is 2.85. The van der Waals surface area contributed by atoms with Crippen LogP contribution in [0.3, 0.4) is 0 Å². The molecule has 4 heteroatoms. The van der Waals surface area contributed by atoms with Crippen molar-refractivity contribution in [3.63, 3.8) is 0 Å². The molecule has 1 aromatic rings. The van der Waals surface area contributed by atoms with Gasteiger partial charge in [0, 0.05) is 30.9 Å². The van der Waals surface area contributed by atoms with Gasteiger partial charge in [-0.25, -0.2) is 9.97 Å². The molecule has 76 valence electrons. The second kappa shape index (κ2) is 4.60. The maximum atomic E-state index is 5.77. The van der Waals surface area contributed by atoms with Crippen LogP contribution < -0.4 is 4.90 Å². The van der Waals surface area contributed by atoms with Crippen molar-refractivity contribution in [2.75, 3.05) is 17.3 Å². The Bertz CT molecular complexity index is 278. The van der Waals surface area contributed by atoms with Crippen molar-refractivity contribution in [1.29, 1.82) is 0 Å². The lowest BCUT2D eigenvalue weighted by Gasteiger charge is -2.23. The van der Waals surface area contributed by atoms with Crippen LogP contribution in [0, 0.1) is 0 Å². The molecule has 1 aromatic heterocycles. The predicted octanol–water partition coefficient (Wildman–Crippen LogP) is 2.07. The smallest absolute Gasteiger partial charge is 0.225 e. The first-order chi connectivity index (χ1) is 6.92. The van der Waals surface area contributed by atoms with Crippen molar-refractivity contribution >= 4 is 17.5 Å². The highest BCUT2D eigenvalue weighted by atomic mass is 35.5. The zero-order valence-electron chi connectivity index (χ0n) is 8.06. The molecule has 1 saturated heterocycles. The molecule has 0 amide bonds. The van der Waals surface area contributed by atoms with E-state index in [1.165, 1.54) is 12.8 Å². The van der Waals surface area contributed by atoms with Crippen molar-refractivity contribution in [3.05, 3.63) is 18.5 Å². The normalized spacial score (nSPS) is 21.5. The minimum absolute atomic E-state index is 0.537. The summed E-state index contributed by atoms with van der Waals surface area (Å²) >= 11 is 5.77. The number of nitrogens with zero attached hydrogens (tertiary/aromatic N) is 3. The molecule has 1 fully saturated rings. The van der Waals surface area contributed by atoms with E-state index in [1.807, 2.05) is 6.07 Å². The molecule has 3 nitrogen and oxygen atoms in total. The maximum Gasteiger partial charge on any atom is 0.225 e. The molecule has 0 radical (unpaired) electrons. The first-order valence-electron chi connectivity index (χ1n) is 5.01. The van der Waals surface area contributed by atoms with Crippen molar-refractivity contribution in [2.24, 2.45) is 0 Å². The summed E-state index contributed by atoms with van der Waals surface area (Å²) in [5, 5.41) is 0. The van der Waals surface area contributed by atoms with E-state index in [0.717, 1.165) is 18.9 Å². The number of aromatic nitrogens is 2. The fourth-order valence-corrected chi connectivity index (χ4v) is 2.22. The third-order valence-electron chi connectivity index (χ3n) is 2.63. The summed E-state index contributed by atoms with van der Waals surface area (Å²) < 4.78 is 0. The minimum atomic E-state index is 0.537. The fraction of sp³-hybridized carbons (Fsp3) is 0.600. The molecule has 1 atom stereocenters. The van der Waals surface area contributed by atoms with Gasteiger partial charge in [-0.1, -0.05) is 0 Å². The van der Waals surface area contributed by atoms with Gasteiger partial charge in [-0.2, -0.15) is 0 Å². The molecule has 0 saturated carbocycles. The van der Waals surface area contributed by atoms with Crippen LogP contribution >= 0.6 is 11.6 Å². The number of halogens is 1. The standard InChI is InChI=1S/C10H14ClN3/c11-5-4-9-3-1-8-14(9)10-12-6-2-7-13-10/h2,6-7,9H,1,3-5,8H2. The SMILES string of the molecule is ClCCC1CCCN1c1ncccn1. The van der Waals surface area contributed by atoms with Gasteiger partial charge < -0.3 is 4.90 Å². The maximum absolute atomic E-state index is 5.77. The number of hydrogen-bond donors (Lipinski definition) is 0. The summed E-state index contributed by atoms with van der Waals surface area (Å²) in [5.74, 6) is 1.56. The van der Waals surface area contributed by atoms with Crippen molar-refractivity contribution < 1.29 is 0 Å². The number of hydrogen-bond acceptors (Lipinski definition) is 3. The minimum Gasteiger partial charge on any atom is -0.338 e. The van der Waals surface area contributed by atoms with Gasteiger partial charge in [0.2, 0.25) is 5.95 Å². The van der Waals surface area contributed by atoms with Crippen molar-refractivity contribution in [2.45, 2.75) is 25.3 Å². The predicted molar refractivity (Wildman–Crippen MR) is 57.7 cm³/mol. The van der Waals surface area contributed by atoms with Gasteiger partial charge in [0.05, 0.1) is 0 Å². The molecule has 1 aliphatic rings. The molecule has 0 aliphatic carbocycles. The largest absolute Gasteiger partial charge is 0.338 e. The molecular formula is C10H14ClN3. The van der Waals surface area contributed by atoms with Crippen molar-refractivity contribution in [3.8, 4) is 0 Å². The van der Waals surface area contributed by atoms with Gasteiger partial charge in [-0.15, -0.1) is 11.6 Å². The van der Waals surface area contributed by atoms with Crippen LogP contribution in [0.4, 0.5) is 5.95 Å². The van der Waals surface area contributed by atoms with Crippen LogP contribution in [-0.2, 0) is 0 Å². The summed E-state index contributed by atoms with van der Waals surface area (Å²) in [5.41, 5.74) is 0. The average Bonchev–Trinajstić information content (AvgIpc) is 2.68. The lowest BCUT2D eigenvalue weighted by Crippen LogP contribution is -2.30.